The van der Waals surface area contributed by atoms with E-state index in [-0.39, 0.29) is 0 Å². The molecule has 0 aliphatic heterocycles. The van der Waals surface area contributed by atoms with Crippen LogP contribution in [0.4, 0.5) is 5.82 Å². The first kappa shape index (κ1) is 13.4. The predicted molar refractivity (Wildman–Crippen MR) is 71.6 cm³/mol. The second-order valence-corrected chi connectivity index (χ2v) is 5.33. The van der Waals surface area contributed by atoms with E-state index in [2.05, 4.69) is 58.9 Å². The standard InChI is InChI=1S/C12H20BrN3/c1-5-11-15-10(13)7-12(16-11)14-9(4)6-8(2)3/h7-9H,5-6H2,1-4H3,(H,14,15,16). The highest BCUT2D eigenvalue weighted by atomic mass is 79.9. The summed E-state index contributed by atoms with van der Waals surface area (Å²) in [6, 6.07) is 2.36. The van der Waals surface area contributed by atoms with Crippen LogP contribution in [0.1, 0.15) is 39.9 Å². The Labute approximate surface area is 106 Å². The zero-order valence-electron chi connectivity index (χ0n) is 10.4. The topological polar surface area (TPSA) is 37.8 Å². The van der Waals surface area contributed by atoms with Crippen LogP contribution in [0.15, 0.2) is 10.7 Å². The van der Waals surface area contributed by atoms with E-state index in [9.17, 15) is 0 Å². The second kappa shape index (κ2) is 6.18. The lowest BCUT2D eigenvalue weighted by molar-refractivity contribution is 0.538. The summed E-state index contributed by atoms with van der Waals surface area (Å²) in [5.41, 5.74) is 0. The molecule has 16 heavy (non-hydrogen) atoms. The molecule has 3 nitrogen and oxygen atoms in total. The molecule has 4 heteroatoms. The van der Waals surface area contributed by atoms with Gasteiger partial charge in [-0.05, 0) is 35.2 Å². The highest BCUT2D eigenvalue weighted by Crippen LogP contribution is 2.15. The van der Waals surface area contributed by atoms with E-state index in [1.807, 2.05) is 6.07 Å². The summed E-state index contributed by atoms with van der Waals surface area (Å²) in [7, 11) is 0. The zero-order valence-corrected chi connectivity index (χ0v) is 12.0. The first-order valence-corrected chi connectivity index (χ1v) is 6.60. The molecule has 1 rings (SSSR count). The summed E-state index contributed by atoms with van der Waals surface area (Å²) in [6.45, 7) is 8.70. The van der Waals surface area contributed by atoms with Gasteiger partial charge >= 0.3 is 0 Å². The van der Waals surface area contributed by atoms with Crippen molar-refractivity contribution < 1.29 is 0 Å². The molecule has 90 valence electrons. The Balaban J connectivity index is 2.69. The smallest absolute Gasteiger partial charge is 0.131 e. The van der Waals surface area contributed by atoms with E-state index >= 15 is 0 Å². The molecule has 1 N–H and O–H groups in total. The molecule has 0 amide bonds. The van der Waals surface area contributed by atoms with Crippen molar-refractivity contribution in [1.82, 2.24) is 9.97 Å². The van der Waals surface area contributed by atoms with Gasteiger partial charge in [-0.25, -0.2) is 9.97 Å². The van der Waals surface area contributed by atoms with Crippen molar-refractivity contribution in [2.24, 2.45) is 5.92 Å². The summed E-state index contributed by atoms with van der Waals surface area (Å²) in [5, 5.41) is 3.41. The Hall–Kier alpha value is -0.640. The average molecular weight is 286 g/mol. The maximum Gasteiger partial charge on any atom is 0.131 e. The number of rotatable bonds is 5. The van der Waals surface area contributed by atoms with Crippen LogP contribution in [0, 0.1) is 5.92 Å². The maximum absolute atomic E-state index is 4.45. The van der Waals surface area contributed by atoms with Crippen LogP contribution in [-0.4, -0.2) is 16.0 Å². The van der Waals surface area contributed by atoms with E-state index in [1.54, 1.807) is 0 Å². The highest BCUT2D eigenvalue weighted by molar-refractivity contribution is 9.10. The van der Waals surface area contributed by atoms with Gasteiger partial charge in [-0.3, -0.25) is 0 Å². The van der Waals surface area contributed by atoms with Gasteiger partial charge in [0.2, 0.25) is 0 Å². The van der Waals surface area contributed by atoms with Crippen LogP contribution in [0.5, 0.6) is 0 Å². The molecule has 0 aliphatic rings. The van der Waals surface area contributed by atoms with Crippen molar-refractivity contribution in [2.75, 3.05) is 5.32 Å². The van der Waals surface area contributed by atoms with Crippen LogP contribution in [0.3, 0.4) is 0 Å². The Kier molecular flexibility index (Phi) is 5.19. The minimum atomic E-state index is 0.437. The molecule has 1 atom stereocenters. The Morgan fingerprint density at radius 1 is 1.31 bits per heavy atom. The molecule has 0 aromatic carbocycles. The first-order valence-electron chi connectivity index (χ1n) is 5.81. The Bertz CT molecular complexity index is 339. The predicted octanol–water partition coefficient (Wildman–Crippen LogP) is 3.65. The molecule has 0 aliphatic carbocycles. The average Bonchev–Trinajstić information content (AvgIpc) is 2.14. The minimum Gasteiger partial charge on any atom is -0.367 e. The van der Waals surface area contributed by atoms with Crippen molar-refractivity contribution in [2.45, 2.75) is 46.6 Å². The van der Waals surface area contributed by atoms with Crippen molar-refractivity contribution >= 4 is 21.7 Å². The molecular weight excluding hydrogens is 266 g/mol. The van der Waals surface area contributed by atoms with Gasteiger partial charge in [-0.1, -0.05) is 20.8 Å². The van der Waals surface area contributed by atoms with Crippen LogP contribution in [0.2, 0.25) is 0 Å². The fraction of sp³-hybridized carbons (Fsp3) is 0.667. The summed E-state index contributed by atoms with van der Waals surface area (Å²) in [4.78, 5) is 8.73. The van der Waals surface area contributed by atoms with Gasteiger partial charge < -0.3 is 5.32 Å². The van der Waals surface area contributed by atoms with Crippen molar-refractivity contribution in [3.8, 4) is 0 Å². The first-order chi connectivity index (χ1) is 7.51. The van der Waals surface area contributed by atoms with E-state index < -0.39 is 0 Å². The number of hydrogen-bond acceptors (Lipinski definition) is 3. The van der Waals surface area contributed by atoms with Crippen LogP contribution < -0.4 is 5.32 Å². The second-order valence-electron chi connectivity index (χ2n) is 4.52. The molecule has 1 aromatic rings. The molecule has 0 radical (unpaired) electrons. The quantitative estimate of drug-likeness (QED) is 0.840. The highest BCUT2D eigenvalue weighted by Gasteiger charge is 2.07. The van der Waals surface area contributed by atoms with Crippen LogP contribution in [-0.2, 0) is 6.42 Å². The SMILES string of the molecule is CCc1nc(Br)cc(NC(C)CC(C)C)n1. The van der Waals surface area contributed by atoms with Crippen LogP contribution in [0.25, 0.3) is 0 Å². The fourth-order valence-electron chi connectivity index (χ4n) is 1.72. The monoisotopic (exact) mass is 285 g/mol. The van der Waals surface area contributed by atoms with E-state index in [4.69, 9.17) is 0 Å². The molecule has 0 saturated heterocycles. The summed E-state index contributed by atoms with van der Waals surface area (Å²) in [5.74, 6) is 2.47. The third-order valence-corrected chi connectivity index (χ3v) is 2.68. The van der Waals surface area contributed by atoms with Crippen molar-refractivity contribution in [3.05, 3.63) is 16.5 Å². The van der Waals surface area contributed by atoms with Gasteiger partial charge in [0.05, 0.1) is 0 Å². The van der Waals surface area contributed by atoms with E-state index in [1.165, 1.54) is 0 Å². The van der Waals surface area contributed by atoms with Gasteiger partial charge in [0.25, 0.3) is 0 Å². The number of nitrogens with zero attached hydrogens (tertiary/aromatic N) is 2. The van der Waals surface area contributed by atoms with Crippen molar-refractivity contribution in [3.63, 3.8) is 0 Å². The van der Waals surface area contributed by atoms with Gasteiger partial charge in [0.1, 0.15) is 16.2 Å². The molecule has 0 spiro atoms. The number of anilines is 1. The molecule has 0 fully saturated rings. The Morgan fingerprint density at radius 2 is 2.00 bits per heavy atom. The number of aromatic nitrogens is 2. The lowest BCUT2D eigenvalue weighted by Gasteiger charge is -2.16. The molecule has 1 unspecified atom stereocenters. The lowest BCUT2D eigenvalue weighted by atomic mass is 10.1. The third kappa shape index (κ3) is 4.47. The normalized spacial score (nSPS) is 12.9. The third-order valence-electron chi connectivity index (χ3n) is 2.28. The Morgan fingerprint density at radius 3 is 2.56 bits per heavy atom. The molecule has 1 heterocycles. The zero-order chi connectivity index (χ0) is 12.1. The summed E-state index contributed by atoms with van der Waals surface area (Å²) >= 11 is 3.40. The van der Waals surface area contributed by atoms with Gasteiger partial charge in [0, 0.05) is 18.5 Å². The number of hydrogen-bond donors (Lipinski definition) is 1. The molecule has 0 bridgehead atoms. The van der Waals surface area contributed by atoms with Crippen molar-refractivity contribution in [1.29, 1.82) is 0 Å². The summed E-state index contributed by atoms with van der Waals surface area (Å²) in [6.07, 6.45) is 2.00. The largest absolute Gasteiger partial charge is 0.367 e. The number of nitrogens with one attached hydrogen (secondary N) is 1. The molecular formula is C12H20BrN3. The van der Waals surface area contributed by atoms with Gasteiger partial charge in [-0.15, -0.1) is 0 Å². The van der Waals surface area contributed by atoms with E-state index in [0.29, 0.717) is 12.0 Å². The van der Waals surface area contributed by atoms with Gasteiger partial charge in [0.15, 0.2) is 0 Å². The van der Waals surface area contributed by atoms with Gasteiger partial charge in [-0.2, -0.15) is 0 Å². The fourth-order valence-corrected chi connectivity index (χ4v) is 2.14. The molecule has 1 aromatic heterocycles. The minimum absolute atomic E-state index is 0.437. The summed E-state index contributed by atoms with van der Waals surface area (Å²) < 4.78 is 0.846. The van der Waals surface area contributed by atoms with E-state index in [0.717, 1.165) is 29.1 Å². The maximum atomic E-state index is 4.45. The lowest BCUT2D eigenvalue weighted by Crippen LogP contribution is -2.18. The molecule has 0 saturated carbocycles. The van der Waals surface area contributed by atoms with Crippen LogP contribution >= 0.6 is 15.9 Å². The number of aryl methyl sites for hydroxylation is 1. The number of halogens is 1.